The van der Waals surface area contributed by atoms with Crippen molar-refractivity contribution in [3.05, 3.63) is 35.7 Å². The van der Waals surface area contributed by atoms with Crippen LogP contribution in [-0.4, -0.2) is 28.2 Å². The van der Waals surface area contributed by atoms with Crippen molar-refractivity contribution in [3.8, 4) is 11.4 Å². The number of aromatic nitrogens is 2. The van der Waals surface area contributed by atoms with Gasteiger partial charge in [0.25, 0.3) is 5.91 Å². The van der Waals surface area contributed by atoms with Crippen molar-refractivity contribution >= 4 is 5.91 Å². The van der Waals surface area contributed by atoms with E-state index >= 15 is 0 Å². The highest BCUT2D eigenvalue weighted by atomic mass is 19.4. The molecule has 1 atom stereocenters. The van der Waals surface area contributed by atoms with Crippen molar-refractivity contribution in [1.82, 2.24) is 15.2 Å². The standard InChI is InChI=1S/C17H18F3N3O3/c1-10(23(25-3)15(24)16(2)8-9-16)11-4-6-12(7-5-11)13-21-14(26-22-13)17(18,19)20/h4-7,10H,8-9H2,1-3H3. The van der Waals surface area contributed by atoms with Crippen LogP contribution in [0.3, 0.4) is 0 Å². The zero-order valence-corrected chi connectivity index (χ0v) is 14.5. The molecule has 6 nitrogen and oxygen atoms in total. The normalized spacial score (nSPS) is 17.0. The number of alkyl halides is 3. The van der Waals surface area contributed by atoms with E-state index in [0.29, 0.717) is 5.56 Å². The lowest BCUT2D eigenvalue weighted by Gasteiger charge is -2.29. The first-order valence-corrected chi connectivity index (χ1v) is 8.05. The first kappa shape index (κ1) is 18.4. The molecule has 0 N–H and O–H groups in total. The molecule has 1 fully saturated rings. The van der Waals surface area contributed by atoms with Crippen molar-refractivity contribution in [3.63, 3.8) is 0 Å². The zero-order valence-electron chi connectivity index (χ0n) is 14.5. The van der Waals surface area contributed by atoms with Crippen LogP contribution in [0.5, 0.6) is 0 Å². The number of carbonyl (C=O) groups excluding carboxylic acids is 1. The molecule has 0 saturated heterocycles. The maximum Gasteiger partial charge on any atom is 0.471 e. The van der Waals surface area contributed by atoms with Crippen LogP contribution in [-0.2, 0) is 15.8 Å². The van der Waals surface area contributed by atoms with Gasteiger partial charge < -0.3 is 4.52 Å². The summed E-state index contributed by atoms with van der Waals surface area (Å²) in [6.45, 7) is 3.71. The van der Waals surface area contributed by atoms with Crippen LogP contribution in [0.25, 0.3) is 11.4 Å². The predicted octanol–water partition coefficient (Wildman–Crippen LogP) is 4.01. The van der Waals surface area contributed by atoms with Crippen LogP contribution < -0.4 is 0 Å². The van der Waals surface area contributed by atoms with E-state index in [2.05, 4.69) is 14.7 Å². The van der Waals surface area contributed by atoms with E-state index in [1.165, 1.54) is 12.2 Å². The van der Waals surface area contributed by atoms with Crippen LogP contribution in [0.4, 0.5) is 13.2 Å². The highest BCUT2D eigenvalue weighted by Gasteiger charge is 2.48. The fraction of sp³-hybridized carbons (Fsp3) is 0.471. The SMILES string of the molecule is CON(C(=O)C1(C)CC1)C(C)c1ccc(-c2noc(C(F)(F)F)n2)cc1. The first-order valence-electron chi connectivity index (χ1n) is 8.05. The van der Waals surface area contributed by atoms with Gasteiger partial charge in [-0.3, -0.25) is 9.63 Å². The molecule has 2 aromatic rings. The van der Waals surface area contributed by atoms with Crippen LogP contribution in [0.2, 0.25) is 0 Å². The van der Waals surface area contributed by atoms with Gasteiger partial charge >= 0.3 is 12.1 Å². The fourth-order valence-corrected chi connectivity index (χ4v) is 2.59. The lowest BCUT2D eigenvalue weighted by molar-refractivity contribution is -0.193. The smallest absolute Gasteiger partial charge is 0.329 e. The predicted molar refractivity (Wildman–Crippen MR) is 84.3 cm³/mol. The highest BCUT2D eigenvalue weighted by Crippen LogP contribution is 2.47. The van der Waals surface area contributed by atoms with Crippen molar-refractivity contribution in [1.29, 1.82) is 0 Å². The Hall–Kier alpha value is -2.42. The Morgan fingerprint density at radius 1 is 1.31 bits per heavy atom. The molecule has 0 radical (unpaired) electrons. The average molecular weight is 369 g/mol. The number of halogens is 3. The van der Waals surface area contributed by atoms with E-state index in [1.54, 1.807) is 24.3 Å². The average Bonchev–Trinajstić information content (AvgIpc) is 3.15. The van der Waals surface area contributed by atoms with Gasteiger partial charge in [0, 0.05) is 11.0 Å². The van der Waals surface area contributed by atoms with E-state index in [1.807, 2.05) is 13.8 Å². The maximum absolute atomic E-state index is 12.5. The van der Waals surface area contributed by atoms with Crippen molar-refractivity contribution in [2.75, 3.05) is 7.11 Å². The Labute approximate surface area is 147 Å². The van der Waals surface area contributed by atoms with Gasteiger partial charge in [-0.05, 0) is 25.3 Å². The first-order chi connectivity index (χ1) is 12.2. The van der Waals surface area contributed by atoms with Gasteiger partial charge in [0.15, 0.2) is 0 Å². The summed E-state index contributed by atoms with van der Waals surface area (Å²) in [6, 6.07) is 6.19. The van der Waals surface area contributed by atoms with Gasteiger partial charge in [0.2, 0.25) is 5.82 Å². The van der Waals surface area contributed by atoms with Crippen LogP contribution in [0.15, 0.2) is 28.8 Å². The lowest BCUT2D eigenvalue weighted by atomic mass is 10.0. The number of amides is 1. The minimum absolute atomic E-state index is 0.0791. The lowest BCUT2D eigenvalue weighted by Crippen LogP contribution is -2.37. The molecule has 1 saturated carbocycles. The van der Waals surface area contributed by atoms with Crippen LogP contribution in [0, 0.1) is 5.41 Å². The van der Waals surface area contributed by atoms with Crippen molar-refractivity contribution < 1.29 is 27.3 Å². The molecule has 9 heteroatoms. The topological polar surface area (TPSA) is 68.5 Å². The Bertz CT molecular complexity index is 798. The molecule has 0 spiro atoms. The Morgan fingerprint density at radius 3 is 2.38 bits per heavy atom. The van der Waals surface area contributed by atoms with E-state index in [4.69, 9.17) is 4.84 Å². The monoisotopic (exact) mass is 369 g/mol. The molecule has 140 valence electrons. The summed E-state index contributed by atoms with van der Waals surface area (Å²) in [5, 5.41) is 4.68. The number of rotatable bonds is 5. The largest absolute Gasteiger partial charge is 0.471 e. The number of hydroxylamine groups is 2. The number of carbonyl (C=O) groups is 1. The second-order valence-electron chi connectivity index (χ2n) is 6.59. The molecular formula is C17H18F3N3O3. The third kappa shape index (κ3) is 3.44. The third-order valence-corrected chi connectivity index (χ3v) is 4.58. The van der Waals surface area contributed by atoms with E-state index in [9.17, 15) is 18.0 Å². The molecule has 1 aromatic heterocycles. The van der Waals surface area contributed by atoms with Gasteiger partial charge in [-0.2, -0.15) is 18.2 Å². The van der Waals surface area contributed by atoms with E-state index < -0.39 is 12.1 Å². The van der Waals surface area contributed by atoms with Gasteiger partial charge in [-0.15, -0.1) is 0 Å². The molecule has 1 aliphatic rings. The summed E-state index contributed by atoms with van der Waals surface area (Å²) in [5.74, 6) is -1.62. The highest BCUT2D eigenvalue weighted by molar-refractivity contribution is 5.84. The second kappa shape index (κ2) is 6.39. The maximum atomic E-state index is 12.5. The van der Waals surface area contributed by atoms with Crippen molar-refractivity contribution in [2.24, 2.45) is 5.41 Å². The summed E-state index contributed by atoms with van der Waals surface area (Å²) < 4.78 is 41.9. The second-order valence-corrected chi connectivity index (χ2v) is 6.59. The van der Waals surface area contributed by atoms with Gasteiger partial charge in [-0.1, -0.05) is 36.3 Å². The van der Waals surface area contributed by atoms with E-state index in [-0.39, 0.29) is 23.2 Å². The number of hydrogen-bond donors (Lipinski definition) is 0. The summed E-state index contributed by atoms with van der Waals surface area (Å²) in [5.41, 5.74) is 0.778. The fourth-order valence-electron chi connectivity index (χ4n) is 2.59. The molecule has 1 aromatic carbocycles. The Balaban J connectivity index is 1.78. The van der Waals surface area contributed by atoms with E-state index in [0.717, 1.165) is 18.4 Å². The number of benzene rings is 1. The van der Waals surface area contributed by atoms with Crippen molar-refractivity contribution in [2.45, 2.75) is 38.9 Å². The quantitative estimate of drug-likeness (QED) is 0.745. The third-order valence-electron chi connectivity index (χ3n) is 4.58. The molecule has 1 amide bonds. The van der Waals surface area contributed by atoms with Crippen LogP contribution >= 0.6 is 0 Å². The minimum Gasteiger partial charge on any atom is -0.329 e. The number of nitrogens with zero attached hydrogens (tertiary/aromatic N) is 3. The Morgan fingerprint density at radius 2 is 1.92 bits per heavy atom. The molecule has 26 heavy (non-hydrogen) atoms. The molecular weight excluding hydrogens is 351 g/mol. The summed E-state index contributed by atoms with van der Waals surface area (Å²) in [6.07, 6.45) is -3.02. The summed E-state index contributed by atoms with van der Waals surface area (Å²) in [4.78, 5) is 21.1. The Kier molecular flexibility index (Phi) is 4.51. The number of hydrogen-bond acceptors (Lipinski definition) is 5. The van der Waals surface area contributed by atoms with Gasteiger partial charge in [0.05, 0.1) is 13.2 Å². The molecule has 1 heterocycles. The molecule has 0 bridgehead atoms. The summed E-state index contributed by atoms with van der Waals surface area (Å²) >= 11 is 0. The molecule has 1 aliphatic carbocycles. The molecule has 1 unspecified atom stereocenters. The molecule has 3 rings (SSSR count). The molecule has 0 aliphatic heterocycles. The van der Waals surface area contributed by atoms with Gasteiger partial charge in [0.1, 0.15) is 0 Å². The van der Waals surface area contributed by atoms with Crippen LogP contribution in [0.1, 0.15) is 44.2 Å². The van der Waals surface area contributed by atoms with Gasteiger partial charge in [-0.25, -0.2) is 5.06 Å². The minimum atomic E-state index is -4.68. The summed E-state index contributed by atoms with van der Waals surface area (Å²) in [7, 11) is 1.44. The zero-order chi connectivity index (χ0) is 19.1.